The topological polar surface area (TPSA) is 52.6 Å². The van der Waals surface area contributed by atoms with E-state index >= 15 is 0 Å². The smallest absolute Gasteiger partial charge is 0.239 e. The number of likely N-dealkylation sites (N-methyl/N-ethyl adjacent to an activating group) is 1. The molecule has 4 nitrogen and oxygen atoms in total. The largest absolute Gasteiger partial charge is 0.394 e. The Hall–Kier alpha value is -0.610. The lowest BCUT2D eigenvalue weighted by Gasteiger charge is -2.35. The first-order valence-corrected chi connectivity index (χ1v) is 5.11. The maximum atomic E-state index is 11.9. The van der Waals surface area contributed by atoms with Crippen LogP contribution in [0.3, 0.4) is 0 Å². The van der Waals surface area contributed by atoms with Crippen LogP contribution in [0.1, 0.15) is 26.7 Å². The molecule has 0 aliphatic carbocycles. The summed E-state index contributed by atoms with van der Waals surface area (Å²) in [6.45, 7) is 4.63. The van der Waals surface area contributed by atoms with E-state index in [4.69, 9.17) is 5.11 Å². The molecule has 0 saturated carbocycles. The fourth-order valence-corrected chi connectivity index (χ4v) is 1.53. The summed E-state index contributed by atoms with van der Waals surface area (Å²) >= 11 is 0. The molecule has 1 rings (SSSR count). The molecule has 14 heavy (non-hydrogen) atoms. The monoisotopic (exact) mass is 200 g/mol. The van der Waals surface area contributed by atoms with Crippen LogP contribution in [0.5, 0.6) is 0 Å². The summed E-state index contributed by atoms with van der Waals surface area (Å²) in [6, 6.07) is -0.0502. The molecule has 0 aromatic heterocycles. The van der Waals surface area contributed by atoms with Crippen molar-refractivity contribution in [2.24, 2.45) is 0 Å². The van der Waals surface area contributed by atoms with E-state index in [1.807, 2.05) is 13.8 Å². The van der Waals surface area contributed by atoms with Crippen molar-refractivity contribution in [1.29, 1.82) is 0 Å². The van der Waals surface area contributed by atoms with E-state index in [1.54, 1.807) is 11.9 Å². The fourth-order valence-electron chi connectivity index (χ4n) is 1.53. The minimum Gasteiger partial charge on any atom is -0.394 e. The molecular weight excluding hydrogens is 180 g/mol. The van der Waals surface area contributed by atoms with E-state index in [9.17, 15) is 4.79 Å². The molecule has 0 aromatic rings. The Balaban J connectivity index is 2.59. The van der Waals surface area contributed by atoms with Crippen molar-refractivity contribution < 1.29 is 9.90 Å². The van der Waals surface area contributed by atoms with Crippen LogP contribution >= 0.6 is 0 Å². The van der Waals surface area contributed by atoms with Gasteiger partial charge < -0.3 is 15.3 Å². The zero-order valence-corrected chi connectivity index (χ0v) is 9.21. The van der Waals surface area contributed by atoms with E-state index < -0.39 is 5.54 Å². The van der Waals surface area contributed by atoms with E-state index in [0.29, 0.717) is 0 Å². The average Bonchev–Trinajstić information content (AvgIpc) is 2.68. The summed E-state index contributed by atoms with van der Waals surface area (Å²) in [5.74, 6) is 0.0848. The van der Waals surface area contributed by atoms with Crippen molar-refractivity contribution in [2.75, 3.05) is 20.2 Å². The molecule has 0 radical (unpaired) electrons. The Bertz CT molecular complexity index is 210. The Morgan fingerprint density at radius 1 is 1.64 bits per heavy atom. The molecule has 2 N–H and O–H groups in total. The minimum absolute atomic E-state index is 0.0119. The van der Waals surface area contributed by atoms with E-state index in [-0.39, 0.29) is 18.6 Å². The molecule has 1 heterocycles. The quantitative estimate of drug-likeness (QED) is 0.672. The third-order valence-corrected chi connectivity index (χ3v) is 2.98. The van der Waals surface area contributed by atoms with Gasteiger partial charge in [0.15, 0.2) is 0 Å². The zero-order chi connectivity index (χ0) is 10.8. The van der Waals surface area contributed by atoms with Crippen molar-refractivity contribution in [3.8, 4) is 0 Å². The highest BCUT2D eigenvalue weighted by molar-refractivity contribution is 5.82. The highest BCUT2D eigenvalue weighted by atomic mass is 16.3. The van der Waals surface area contributed by atoms with Crippen LogP contribution in [0.25, 0.3) is 0 Å². The molecule has 0 aromatic carbocycles. The number of aliphatic hydroxyl groups is 1. The number of nitrogens with zero attached hydrogens (tertiary/aromatic N) is 1. The highest BCUT2D eigenvalue weighted by Gasteiger charge is 2.32. The molecule has 1 aliphatic heterocycles. The van der Waals surface area contributed by atoms with Gasteiger partial charge in [0.2, 0.25) is 5.91 Å². The van der Waals surface area contributed by atoms with Crippen molar-refractivity contribution in [1.82, 2.24) is 10.2 Å². The van der Waals surface area contributed by atoms with Crippen LogP contribution in [0.4, 0.5) is 0 Å². The number of carbonyl (C=O) groups is 1. The van der Waals surface area contributed by atoms with Crippen LogP contribution < -0.4 is 5.32 Å². The lowest BCUT2D eigenvalue weighted by Crippen LogP contribution is -2.53. The van der Waals surface area contributed by atoms with Gasteiger partial charge in [0.05, 0.1) is 18.2 Å². The molecule has 1 unspecified atom stereocenters. The first-order valence-electron chi connectivity index (χ1n) is 5.11. The summed E-state index contributed by atoms with van der Waals surface area (Å²) in [6.07, 6.45) is 1.97. The van der Waals surface area contributed by atoms with Crippen LogP contribution in [0, 0.1) is 0 Å². The van der Waals surface area contributed by atoms with E-state index in [1.165, 1.54) is 0 Å². The second kappa shape index (κ2) is 4.28. The Kier molecular flexibility index (Phi) is 3.50. The van der Waals surface area contributed by atoms with E-state index in [2.05, 4.69) is 5.32 Å². The molecule has 82 valence electrons. The highest BCUT2D eigenvalue weighted by Crippen LogP contribution is 2.15. The normalized spacial score (nSPS) is 22.4. The Labute approximate surface area is 85.3 Å². The second-order valence-electron chi connectivity index (χ2n) is 4.52. The van der Waals surface area contributed by atoms with Gasteiger partial charge in [-0.05, 0) is 33.2 Å². The second-order valence-corrected chi connectivity index (χ2v) is 4.52. The van der Waals surface area contributed by atoms with Crippen LogP contribution in [0.2, 0.25) is 0 Å². The fraction of sp³-hybridized carbons (Fsp3) is 0.900. The molecule has 0 spiro atoms. The first-order chi connectivity index (χ1) is 6.49. The SMILES string of the molecule is CN(C(=O)C1CCCN1)C(C)(C)CO. The van der Waals surface area contributed by atoms with Crippen LogP contribution in [0.15, 0.2) is 0 Å². The van der Waals surface area contributed by atoms with Crippen molar-refractivity contribution in [2.45, 2.75) is 38.3 Å². The Morgan fingerprint density at radius 3 is 2.71 bits per heavy atom. The lowest BCUT2D eigenvalue weighted by atomic mass is 10.0. The van der Waals surface area contributed by atoms with E-state index in [0.717, 1.165) is 19.4 Å². The van der Waals surface area contributed by atoms with Gasteiger partial charge in [-0.3, -0.25) is 4.79 Å². The third-order valence-electron chi connectivity index (χ3n) is 2.98. The number of hydrogen-bond acceptors (Lipinski definition) is 3. The molecule has 1 amide bonds. The van der Waals surface area contributed by atoms with Gasteiger partial charge in [0.25, 0.3) is 0 Å². The Morgan fingerprint density at radius 2 is 2.29 bits per heavy atom. The molecular formula is C10H20N2O2. The van der Waals surface area contributed by atoms with Crippen molar-refractivity contribution >= 4 is 5.91 Å². The standard InChI is InChI=1S/C10H20N2O2/c1-10(2,7-13)12(3)9(14)8-5-4-6-11-8/h8,11,13H,4-7H2,1-3H3. The summed E-state index contributed by atoms with van der Waals surface area (Å²) in [7, 11) is 1.75. The van der Waals surface area contributed by atoms with Gasteiger partial charge in [0, 0.05) is 7.05 Å². The van der Waals surface area contributed by atoms with Gasteiger partial charge >= 0.3 is 0 Å². The van der Waals surface area contributed by atoms with Crippen LogP contribution in [-0.2, 0) is 4.79 Å². The first kappa shape index (κ1) is 11.5. The average molecular weight is 200 g/mol. The number of amides is 1. The number of nitrogens with one attached hydrogen (secondary N) is 1. The maximum absolute atomic E-state index is 11.9. The van der Waals surface area contributed by atoms with Crippen LogP contribution in [-0.4, -0.2) is 47.7 Å². The third kappa shape index (κ3) is 2.25. The number of carbonyl (C=O) groups excluding carboxylic acids is 1. The maximum Gasteiger partial charge on any atom is 0.239 e. The number of aliphatic hydroxyl groups excluding tert-OH is 1. The summed E-state index contributed by atoms with van der Waals surface area (Å²) < 4.78 is 0. The van der Waals surface area contributed by atoms with Gasteiger partial charge in [0.1, 0.15) is 0 Å². The molecule has 1 atom stereocenters. The predicted molar refractivity (Wildman–Crippen MR) is 55.0 cm³/mol. The summed E-state index contributed by atoms with van der Waals surface area (Å²) in [5, 5.41) is 12.3. The zero-order valence-electron chi connectivity index (χ0n) is 9.21. The number of hydrogen-bond donors (Lipinski definition) is 2. The molecule has 4 heteroatoms. The molecule has 1 fully saturated rings. The minimum atomic E-state index is -0.471. The molecule has 0 bridgehead atoms. The predicted octanol–water partition coefficient (Wildman–Crippen LogP) is -0.0323. The van der Waals surface area contributed by atoms with Gasteiger partial charge in [-0.2, -0.15) is 0 Å². The number of rotatable bonds is 3. The molecule has 1 aliphatic rings. The lowest BCUT2D eigenvalue weighted by molar-refractivity contribution is -0.137. The molecule has 1 saturated heterocycles. The van der Waals surface area contributed by atoms with Crippen molar-refractivity contribution in [3.05, 3.63) is 0 Å². The van der Waals surface area contributed by atoms with Gasteiger partial charge in [-0.1, -0.05) is 0 Å². The summed E-state index contributed by atoms with van der Waals surface area (Å²) in [4.78, 5) is 13.5. The van der Waals surface area contributed by atoms with Crippen molar-refractivity contribution in [3.63, 3.8) is 0 Å². The van der Waals surface area contributed by atoms with Gasteiger partial charge in [-0.15, -0.1) is 0 Å². The van der Waals surface area contributed by atoms with Gasteiger partial charge in [-0.25, -0.2) is 0 Å². The summed E-state index contributed by atoms with van der Waals surface area (Å²) in [5.41, 5.74) is -0.471.